The first-order valence-electron chi connectivity index (χ1n) is 4.80. The molecule has 0 spiro atoms. The number of nitrogens with one attached hydrogen (secondary N) is 1. The summed E-state index contributed by atoms with van der Waals surface area (Å²) in [5.74, 6) is 1.30. The van der Waals surface area contributed by atoms with E-state index in [-0.39, 0.29) is 0 Å². The molecule has 4 nitrogen and oxygen atoms in total. The van der Waals surface area contributed by atoms with Crippen molar-refractivity contribution in [3.8, 4) is 0 Å². The highest BCUT2D eigenvalue weighted by atomic mass is 79.9. The van der Waals surface area contributed by atoms with Gasteiger partial charge in [0.25, 0.3) is 0 Å². The summed E-state index contributed by atoms with van der Waals surface area (Å²) < 4.78 is 0.770. The van der Waals surface area contributed by atoms with E-state index in [1.165, 1.54) is 32.0 Å². The van der Waals surface area contributed by atoms with Crippen molar-refractivity contribution in [1.29, 1.82) is 0 Å². The maximum Gasteiger partial charge on any atom is 0.146 e. The number of nitrogens with zero attached hydrogens (tertiary/aromatic N) is 2. The minimum Gasteiger partial charge on any atom is -0.383 e. The topological polar surface area (TPSA) is 63.8 Å². The van der Waals surface area contributed by atoms with Gasteiger partial charge in [-0.2, -0.15) is 0 Å². The van der Waals surface area contributed by atoms with Crippen molar-refractivity contribution in [2.75, 3.05) is 11.1 Å². The van der Waals surface area contributed by atoms with E-state index in [9.17, 15) is 0 Å². The smallest absolute Gasteiger partial charge is 0.146 e. The Morgan fingerprint density at radius 1 is 1.36 bits per heavy atom. The number of rotatable bonds is 2. The van der Waals surface area contributed by atoms with E-state index in [0.717, 1.165) is 10.3 Å². The zero-order valence-electron chi connectivity index (χ0n) is 7.83. The SMILES string of the molecule is Nc1ncnc(NC2CCCC2)c1Br. The molecule has 1 aromatic heterocycles. The van der Waals surface area contributed by atoms with Gasteiger partial charge in [-0.05, 0) is 28.8 Å². The van der Waals surface area contributed by atoms with Crippen LogP contribution in [0.1, 0.15) is 25.7 Å². The molecule has 3 N–H and O–H groups in total. The molecule has 1 aliphatic rings. The molecule has 1 fully saturated rings. The first-order valence-corrected chi connectivity index (χ1v) is 5.59. The Labute approximate surface area is 91.4 Å². The minimum absolute atomic E-state index is 0.487. The molecule has 2 rings (SSSR count). The number of hydrogen-bond acceptors (Lipinski definition) is 4. The van der Waals surface area contributed by atoms with Crippen molar-refractivity contribution in [1.82, 2.24) is 9.97 Å². The van der Waals surface area contributed by atoms with Crippen LogP contribution in [0.5, 0.6) is 0 Å². The van der Waals surface area contributed by atoms with Crippen LogP contribution in [0.3, 0.4) is 0 Å². The fraction of sp³-hybridized carbons (Fsp3) is 0.556. The van der Waals surface area contributed by atoms with Crippen LogP contribution < -0.4 is 11.1 Å². The lowest BCUT2D eigenvalue weighted by atomic mass is 10.2. The van der Waals surface area contributed by atoms with Crippen molar-refractivity contribution in [2.24, 2.45) is 0 Å². The zero-order chi connectivity index (χ0) is 9.97. The van der Waals surface area contributed by atoms with Gasteiger partial charge in [-0.25, -0.2) is 9.97 Å². The number of anilines is 2. The largest absolute Gasteiger partial charge is 0.383 e. The molecular weight excluding hydrogens is 244 g/mol. The Hall–Kier alpha value is -0.840. The molecule has 0 radical (unpaired) electrons. The predicted molar refractivity (Wildman–Crippen MR) is 60.0 cm³/mol. The van der Waals surface area contributed by atoms with Crippen LogP contribution in [0.4, 0.5) is 11.6 Å². The molecule has 0 atom stereocenters. The van der Waals surface area contributed by atoms with Gasteiger partial charge in [0.2, 0.25) is 0 Å². The molecule has 0 saturated heterocycles. The van der Waals surface area contributed by atoms with Gasteiger partial charge >= 0.3 is 0 Å². The van der Waals surface area contributed by atoms with Gasteiger partial charge in [0, 0.05) is 6.04 Å². The molecule has 1 saturated carbocycles. The summed E-state index contributed by atoms with van der Waals surface area (Å²) in [7, 11) is 0. The molecule has 76 valence electrons. The Morgan fingerprint density at radius 2 is 2.07 bits per heavy atom. The molecule has 1 heterocycles. The van der Waals surface area contributed by atoms with Gasteiger partial charge in [-0.3, -0.25) is 0 Å². The third-order valence-electron chi connectivity index (χ3n) is 2.51. The highest BCUT2D eigenvalue weighted by Gasteiger charge is 2.16. The second kappa shape index (κ2) is 4.13. The van der Waals surface area contributed by atoms with Gasteiger partial charge in [0.15, 0.2) is 0 Å². The zero-order valence-corrected chi connectivity index (χ0v) is 9.42. The van der Waals surface area contributed by atoms with Gasteiger partial charge in [0.05, 0.1) is 0 Å². The Balaban J connectivity index is 2.11. The Bertz CT molecular complexity index is 323. The van der Waals surface area contributed by atoms with E-state index in [1.807, 2.05) is 0 Å². The maximum absolute atomic E-state index is 5.66. The van der Waals surface area contributed by atoms with Gasteiger partial charge in [0.1, 0.15) is 22.4 Å². The molecule has 0 amide bonds. The second-order valence-electron chi connectivity index (χ2n) is 3.55. The van der Waals surface area contributed by atoms with E-state index >= 15 is 0 Å². The van der Waals surface area contributed by atoms with Crippen molar-refractivity contribution in [2.45, 2.75) is 31.7 Å². The molecular formula is C9H13BrN4. The van der Waals surface area contributed by atoms with Crippen LogP contribution in [0.15, 0.2) is 10.8 Å². The van der Waals surface area contributed by atoms with Crippen LogP contribution in [0.25, 0.3) is 0 Å². The first kappa shape index (κ1) is 9.71. The quantitative estimate of drug-likeness (QED) is 0.852. The first-order chi connectivity index (χ1) is 6.77. The molecule has 0 aromatic carbocycles. The van der Waals surface area contributed by atoms with Crippen LogP contribution in [-0.4, -0.2) is 16.0 Å². The highest BCUT2D eigenvalue weighted by molar-refractivity contribution is 9.10. The fourth-order valence-electron chi connectivity index (χ4n) is 1.75. The summed E-state index contributed by atoms with van der Waals surface area (Å²) in [5, 5.41) is 3.37. The summed E-state index contributed by atoms with van der Waals surface area (Å²) in [6, 6.07) is 0.542. The lowest BCUT2D eigenvalue weighted by Gasteiger charge is -2.13. The molecule has 1 aromatic rings. The number of nitrogen functional groups attached to an aromatic ring is 1. The van der Waals surface area contributed by atoms with Gasteiger partial charge < -0.3 is 11.1 Å². The summed E-state index contributed by atoms with van der Waals surface area (Å²) in [6.07, 6.45) is 6.52. The maximum atomic E-state index is 5.66. The van der Waals surface area contributed by atoms with Crippen molar-refractivity contribution < 1.29 is 0 Å². The average Bonchev–Trinajstić information content (AvgIpc) is 2.66. The van der Waals surface area contributed by atoms with E-state index in [1.54, 1.807) is 0 Å². The monoisotopic (exact) mass is 256 g/mol. The molecule has 0 unspecified atom stereocenters. The Morgan fingerprint density at radius 3 is 2.79 bits per heavy atom. The standard InChI is InChI=1S/C9H13BrN4/c10-7-8(11)12-5-13-9(7)14-6-3-1-2-4-6/h5-6H,1-4H2,(H3,11,12,13,14). The number of nitrogens with two attached hydrogens (primary N) is 1. The third kappa shape index (κ3) is 1.97. The van der Waals surface area contributed by atoms with Crippen LogP contribution in [-0.2, 0) is 0 Å². The summed E-state index contributed by atoms with van der Waals surface area (Å²) >= 11 is 3.37. The molecule has 0 aliphatic heterocycles. The number of halogens is 1. The average molecular weight is 257 g/mol. The molecule has 1 aliphatic carbocycles. The van der Waals surface area contributed by atoms with Crippen LogP contribution >= 0.6 is 15.9 Å². The van der Waals surface area contributed by atoms with Gasteiger partial charge in [-0.15, -0.1) is 0 Å². The molecule has 14 heavy (non-hydrogen) atoms. The third-order valence-corrected chi connectivity index (χ3v) is 3.29. The lowest BCUT2D eigenvalue weighted by Crippen LogP contribution is -2.16. The van der Waals surface area contributed by atoms with Crippen LogP contribution in [0, 0.1) is 0 Å². The molecule has 5 heteroatoms. The molecule has 0 bridgehead atoms. The lowest BCUT2D eigenvalue weighted by molar-refractivity contribution is 0.749. The summed E-state index contributed by atoms with van der Waals surface area (Å²) in [4.78, 5) is 8.05. The number of hydrogen-bond donors (Lipinski definition) is 2. The second-order valence-corrected chi connectivity index (χ2v) is 4.34. The fourth-order valence-corrected chi connectivity index (χ4v) is 2.07. The van der Waals surface area contributed by atoms with Crippen LogP contribution in [0.2, 0.25) is 0 Å². The van der Waals surface area contributed by atoms with E-state index in [2.05, 4.69) is 31.2 Å². The van der Waals surface area contributed by atoms with E-state index < -0.39 is 0 Å². The Kier molecular flexibility index (Phi) is 2.86. The van der Waals surface area contributed by atoms with Crippen molar-refractivity contribution >= 4 is 27.6 Å². The number of aromatic nitrogens is 2. The predicted octanol–water partition coefficient (Wildman–Crippen LogP) is 2.18. The van der Waals surface area contributed by atoms with E-state index in [0.29, 0.717) is 11.9 Å². The summed E-state index contributed by atoms with van der Waals surface area (Å²) in [5.41, 5.74) is 5.66. The van der Waals surface area contributed by atoms with Gasteiger partial charge in [-0.1, -0.05) is 12.8 Å². The van der Waals surface area contributed by atoms with E-state index in [4.69, 9.17) is 5.73 Å². The van der Waals surface area contributed by atoms with Crippen molar-refractivity contribution in [3.05, 3.63) is 10.8 Å². The normalized spacial score (nSPS) is 17.2. The minimum atomic E-state index is 0.487. The van der Waals surface area contributed by atoms with Crippen molar-refractivity contribution in [3.63, 3.8) is 0 Å². The summed E-state index contributed by atoms with van der Waals surface area (Å²) in [6.45, 7) is 0. The highest BCUT2D eigenvalue weighted by Crippen LogP contribution is 2.28.